The summed E-state index contributed by atoms with van der Waals surface area (Å²) in [7, 11) is 1.77. The first kappa shape index (κ1) is 33.0. The molecule has 9 nitrogen and oxygen atoms in total. The van der Waals surface area contributed by atoms with Gasteiger partial charge in [0.15, 0.2) is 6.29 Å². The van der Waals surface area contributed by atoms with E-state index >= 15 is 0 Å². The average molecular weight is 659 g/mol. The first-order valence-corrected chi connectivity index (χ1v) is 17.0. The molecular formula is C40H42N4O5. The predicted octanol–water partition coefficient (Wildman–Crippen LogP) is 6.38. The minimum absolute atomic E-state index is 0.00944. The summed E-state index contributed by atoms with van der Waals surface area (Å²) >= 11 is 0. The highest BCUT2D eigenvalue weighted by molar-refractivity contribution is 5.93. The molecule has 5 aromatic rings. The van der Waals surface area contributed by atoms with Crippen LogP contribution in [0.3, 0.4) is 0 Å². The largest absolute Gasteiger partial charge is 0.392 e. The van der Waals surface area contributed by atoms with Crippen molar-refractivity contribution in [3.8, 4) is 11.1 Å². The minimum Gasteiger partial charge on any atom is -0.392 e. The van der Waals surface area contributed by atoms with E-state index in [1.54, 1.807) is 7.11 Å². The van der Waals surface area contributed by atoms with Crippen LogP contribution in [0.2, 0.25) is 0 Å². The lowest BCUT2D eigenvalue weighted by Gasteiger charge is -2.39. The number of likely N-dealkylation sites (tertiary alicyclic amines) is 1. The second kappa shape index (κ2) is 15.4. The lowest BCUT2D eigenvalue weighted by atomic mass is 9.98. The molecule has 7 rings (SSSR count). The number of methoxy groups -OCH3 is 1. The molecule has 4 aromatic carbocycles. The van der Waals surface area contributed by atoms with Gasteiger partial charge in [0.05, 0.1) is 42.7 Å². The summed E-state index contributed by atoms with van der Waals surface area (Å²) in [5.41, 5.74) is 7.65. The summed E-state index contributed by atoms with van der Waals surface area (Å²) in [4.78, 5) is 24.3. The zero-order valence-electron chi connectivity index (χ0n) is 27.7. The minimum atomic E-state index is -0.546. The van der Waals surface area contributed by atoms with Crippen LogP contribution in [0, 0.1) is 0 Å². The number of benzene rings is 4. The van der Waals surface area contributed by atoms with Crippen molar-refractivity contribution in [2.45, 2.75) is 57.0 Å². The van der Waals surface area contributed by atoms with E-state index in [0.29, 0.717) is 18.1 Å². The Labute approximate surface area is 286 Å². The van der Waals surface area contributed by atoms with Crippen LogP contribution in [0.1, 0.15) is 64.4 Å². The highest BCUT2D eigenvalue weighted by Crippen LogP contribution is 2.39. The van der Waals surface area contributed by atoms with Gasteiger partial charge in [0.1, 0.15) is 5.69 Å². The fraction of sp³-hybridized carbons (Fsp3) is 0.325. The molecule has 0 spiro atoms. The molecule has 9 heteroatoms. The first-order chi connectivity index (χ1) is 24.1. The summed E-state index contributed by atoms with van der Waals surface area (Å²) in [6.07, 6.45) is 3.82. The number of carbonyl (C=O) groups excluding carboxylic acids is 1. The molecule has 2 aliphatic rings. The predicted molar refractivity (Wildman–Crippen MR) is 187 cm³/mol. The van der Waals surface area contributed by atoms with Gasteiger partial charge >= 0.3 is 0 Å². The van der Waals surface area contributed by atoms with Gasteiger partial charge in [0, 0.05) is 38.2 Å². The smallest absolute Gasteiger partial charge is 0.271 e. The number of nitrogens with zero attached hydrogens (tertiary/aromatic N) is 3. The number of aliphatic hydroxyl groups excluding tert-OH is 1. The number of para-hydroxylation sites is 2. The zero-order chi connectivity index (χ0) is 33.6. The van der Waals surface area contributed by atoms with Gasteiger partial charge in [-0.1, -0.05) is 72.8 Å². The Bertz CT molecular complexity index is 1880. The standard InChI is InChI=1S/C40H42N4O5/c1-47-26-33-11-6-18-44(33)24-34-21-38(29-16-14-27(25-45)15-17-29)49-40(48-34)32-10-5-9-31(20-32)30-8-4-7-28(19-30)22-42-39(46)37-23-41-35-12-2-3-13-36(35)43-37/h2-5,7-10,12-17,19-20,23,33-34,38,40,45H,6,11,18,21-22,24-26H2,1H3,(H,42,46)/t33-,34+,38-,40-/m0/s1. The number of aliphatic hydroxyl groups is 1. The van der Waals surface area contributed by atoms with Crippen molar-refractivity contribution in [2.24, 2.45) is 0 Å². The van der Waals surface area contributed by atoms with Crippen LogP contribution < -0.4 is 5.32 Å². The Morgan fingerprint density at radius 1 is 0.918 bits per heavy atom. The maximum absolute atomic E-state index is 12.9. The summed E-state index contributed by atoms with van der Waals surface area (Å²) < 4.78 is 18.9. The number of hydrogen-bond donors (Lipinski definition) is 2. The van der Waals surface area contributed by atoms with E-state index in [4.69, 9.17) is 14.2 Å². The molecule has 0 bridgehead atoms. The maximum Gasteiger partial charge on any atom is 0.271 e. The lowest BCUT2D eigenvalue weighted by molar-refractivity contribution is -0.253. The van der Waals surface area contributed by atoms with Crippen LogP contribution in [0.25, 0.3) is 22.2 Å². The van der Waals surface area contributed by atoms with E-state index < -0.39 is 6.29 Å². The molecule has 2 fully saturated rings. The molecule has 1 amide bonds. The summed E-state index contributed by atoms with van der Waals surface area (Å²) in [5.74, 6) is -0.269. The quantitative estimate of drug-likeness (QED) is 0.169. The third-order valence-corrected chi connectivity index (χ3v) is 9.46. The van der Waals surface area contributed by atoms with Crippen LogP contribution in [0.4, 0.5) is 0 Å². The topological polar surface area (TPSA) is 106 Å². The van der Waals surface area contributed by atoms with Crippen LogP contribution in [0.5, 0.6) is 0 Å². The Balaban J connectivity index is 1.08. The van der Waals surface area contributed by atoms with Crippen molar-refractivity contribution in [3.63, 3.8) is 0 Å². The van der Waals surface area contributed by atoms with E-state index in [0.717, 1.165) is 77.9 Å². The highest BCUT2D eigenvalue weighted by atomic mass is 16.7. The molecule has 2 N–H and O–H groups in total. The maximum atomic E-state index is 12.9. The summed E-state index contributed by atoms with van der Waals surface area (Å²) in [6, 6.07) is 32.4. The van der Waals surface area contributed by atoms with Gasteiger partial charge in [0.25, 0.3) is 5.91 Å². The number of fused-ring (bicyclic) bond motifs is 1. The molecule has 49 heavy (non-hydrogen) atoms. The Morgan fingerprint density at radius 3 is 2.53 bits per heavy atom. The second-order valence-electron chi connectivity index (χ2n) is 12.8. The summed E-state index contributed by atoms with van der Waals surface area (Å²) in [5, 5.41) is 12.6. The van der Waals surface area contributed by atoms with Gasteiger partial charge < -0.3 is 24.6 Å². The van der Waals surface area contributed by atoms with E-state index in [2.05, 4.69) is 50.5 Å². The number of hydrogen-bond acceptors (Lipinski definition) is 8. The van der Waals surface area contributed by atoms with Crippen molar-refractivity contribution in [2.75, 3.05) is 26.8 Å². The van der Waals surface area contributed by atoms with Crippen molar-refractivity contribution < 1.29 is 24.1 Å². The molecule has 0 saturated carbocycles. The monoisotopic (exact) mass is 658 g/mol. The third-order valence-electron chi connectivity index (χ3n) is 9.46. The fourth-order valence-corrected chi connectivity index (χ4v) is 6.88. The number of carbonyl (C=O) groups is 1. The van der Waals surface area contributed by atoms with Gasteiger partial charge in [0.2, 0.25) is 0 Å². The van der Waals surface area contributed by atoms with Crippen molar-refractivity contribution in [1.29, 1.82) is 0 Å². The van der Waals surface area contributed by atoms with Gasteiger partial charge in [-0.15, -0.1) is 0 Å². The van der Waals surface area contributed by atoms with Crippen molar-refractivity contribution >= 4 is 16.9 Å². The Hall–Kier alpha value is -4.51. The molecule has 0 unspecified atom stereocenters. The number of amides is 1. The van der Waals surface area contributed by atoms with Crippen molar-refractivity contribution in [1.82, 2.24) is 20.2 Å². The van der Waals surface area contributed by atoms with Crippen LogP contribution >= 0.6 is 0 Å². The lowest BCUT2D eigenvalue weighted by Crippen LogP contribution is -2.42. The average Bonchev–Trinajstić information content (AvgIpc) is 3.59. The zero-order valence-corrected chi connectivity index (χ0v) is 27.7. The van der Waals surface area contributed by atoms with E-state index in [-0.39, 0.29) is 30.4 Å². The van der Waals surface area contributed by atoms with Gasteiger partial charge in [-0.25, -0.2) is 4.98 Å². The van der Waals surface area contributed by atoms with Gasteiger partial charge in [-0.05, 0) is 71.5 Å². The molecule has 4 atom stereocenters. The molecule has 252 valence electrons. The Morgan fingerprint density at radius 2 is 1.71 bits per heavy atom. The number of rotatable bonds is 11. The summed E-state index contributed by atoms with van der Waals surface area (Å²) in [6.45, 7) is 2.94. The van der Waals surface area contributed by atoms with Crippen LogP contribution in [0.15, 0.2) is 103 Å². The molecular weight excluding hydrogens is 616 g/mol. The van der Waals surface area contributed by atoms with E-state index in [9.17, 15) is 9.90 Å². The van der Waals surface area contributed by atoms with Crippen LogP contribution in [-0.4, -0.2) is 64.8 Å². The molecule has 0 radical (unpaired) electrons. The van der Waals surface area contributed by atoms with E-state index in [1.165, 1.54) is 6.20 Å². The van der Waals surface area contributed by atoms with Crippen molar-refractivity contribution in [3.05, 3.63) is 131 Å². The number of aromatic nitrogens is 2. The highest BCUT2D eigenvalue weighted by Gasteiger charge is 2.35. The normalized spacial score (nSPS) is 21.2. The molecule has 2 saturated heterocycles. The molecule has 2 aliphatic heterocycles. The second-order valence-corrected chi connectivity index (χ2v) is 12.8. The Kier molecular flexibility index (Phi) is 10.3. The SMILES string of the molecule is COC[C@@H]1CCCN1C[C@H]1C[C@@H](c2ccc(CO)cc2)O[C@@H](c2cccc(-c3cccc(CNC(=O)c4cnc5ccccc5n4)c3)c2)O1. The number of ether oxygens (including phenoxy) is 3. The molecule has 0 aliphatic carbocycles. The van der Waals surface area contributed by atoms with Crippen LogP contribution in [-0.2, 0) is 27.4 Å². The number of nitrogens with one attached hydrogen (secondary N) is 1. The molecule has 3 heterocycles. The molecule has 1 aromatic heterocycles. The first-order valence-electron chi connectivity index (χ1n) is 17.0. The third kappa shape index (κ3) is 7.88. The van der Waals surface area contributed by atoms with E-state index in [1.807, 2.05) is 66.7 Å². The van der Waals surface area contributed by atoms with Gasteiger partial charge in [-0.2, -0.15) is 0 Å². The fourth-order valence-electron chi connectivity index (χ4n) is 6.88. The van der Waals surface area contributed by atoms with Gasteiger partial charge in [-0.3, -0.25) is 14.7 Å².